The Hall–Kier alpha value is -4.20. The van der Waals surface area contributed by atoms with Gasteiger partial charge in [-0.2, -0.15) is 0 Å². The SMILES string of the molecule is CCOc1ccc(/C(O)=C2/C(=O)C(=O)N(Cc3ccco3)C2c2ccc(N(C)C)cc2)c(OCC)c1. The van der Waals surface area contributed by atoms with Crippen LogP contribution in [0.5, 0.6) is 11.5 Å². The van der Waals surface area contributed by atoms with Crippen LogP contribution >= 0.6 is 0 Å². The molecule has 1 saturated heterocycles. The predicted octanol–water partition coefficient (Wildman–Crippen LogP) is 4.76. The van der Waals surface area contributed by atoms with Gasteiger partial charge in [-0.05, 0) is 55.8 Å². The number of hydrogen-bond acceptors (Lipinski definition) is 7. The fourth-order valence-electron chi connectivity index (χ4n) is 4.29. The number of nitrogens with zero attached hydrogens (tertiary/aromatic N) is 2. The number of carbonyl (C=O) groups is 2. The maximum atomic E-state index is 13.3. The Kier molecular flexibility index (Phi) is 7.33. The summed E-state index contributed by atoms with van der Waals surface area (Å²) in [5, 5.41) is 11.5. The van der Waals surface area contributed by atoms with Crippen LogP contribution in [0.15, 0.2) is 70.9 Å². The van der Waals surface area contributed by atoms with Gasteiger partial charge in [0.25, 0.3) is 11.7 Å². The number of ketones is 1. The third kappa shape index (κ3) is 4.79. The summed E-state index contributed by atoms with van der Waals surface area (Å²) < 4.78 is 16.8. The van der Waals surface area contributed by atoms with Crippen molar-refractivity contribution in [1.82, 2.24) is 4.90 Å². The molecule has 1 amide bonds. The summed E-state index contributed by atoms with van der Waals surface area (Å²) in [6, 6.07) is 15.2. The molecular formula is C28H30N2O6. The fourth-order valence-corrected chi connectivity index (χ4v) is 4.29. The van der Waals surface area contributed by atoms with E-state index in [1.807, 2.05) is 57.1 Å². The maximum Gasteiger partial charge on any atom is 0.296 e. The predicted molar refractivity (Wildman–Crippen MR) is 136 cm³/mol. The largest absolute Gasteiger partial charge is 0.507 e. The van der Waals surface area contributed by atoms with Gasteiger partial charge in [-0.3, -0.25) is 9.59 Å². The zero-order valence-electron chi connectivity index (χ0n) is 20.9. The highest BCUT2D eigenvalue weighted by Crippen LogP contribution is 2.42. The van der Waals surface area contributed by atoms with Crippen molar-refractivity contribution in [2.24, 2.45) is 0 Å². The second-order valence-electron chi connectivity index (χ2n) is 8.52. The van der Waals surface area contributed by atoms with Gasteiger partial charge in [0.1, 0.15) is 23.0 Å². The number of rotatable bonds is 9. The zero-order valence-corrected chi connectivity index (χ0v) is 20.9. The molecule has 1 aliphatic rings. The van der Waals surface area contributed by atoms with Gasteiger partial charge in [0.15, 0.2) is 0 Å². The van der Waals surface area contributed by atoms with Crippen molar-refractivity contribution in [2.75, 3.05) is 32.2 Å². The van der Waals surface area contributed by atoms with Gasteiger partial charge >= 0.3 is 0 Å². The Bertz CT molecular complexity index is 1260. The van der Waals surface area contributed by atoms with E-state index in [1.54, 1.807) is 30.3 Å². The van der Waals surface area contributed by atoms with E-state index in [1.165, 1.54) is 11.2 Å². The van der Waals surface area contributed by atoms with Crippen molar-refractivity contribution >= 4 is 23.1 Å². The second kappa shape index (κ2) is 10.6. The maximum absolute atomic E-state index is 13.3. The summed E-state index contributed by atoms with van der Waals surface area (Å²) in [6.07, 6.45) is 1.51. The summed E-state index contributed by atoms with van der Waals surface area (Å²) in [4.78, 5) is 29.9. The first-order valence-corrected chi connectivity index (χ1v) is 11.8. The standard InChI is InChI=1S/C28H30N2O6/c1-5-34-20-13-14-22(23(16-20)35-6-2)26(31)24-25(18-9-11-19(12-10-18)29(3)4)30(28(33)27(24)32)17-21-8-7-15-36-21/h7-16,25,31H,5-6,17H2,1-4H3/b26-24-. The van der Waals surface area contributed by atoms with Crippen LogP contribution in [0.2, 0.25) is 0 Å². The van der Waals surface area contributed by atoms with E-state index in [0.717, 1.165) is 5.69 Å². The number of aliphatic hydroxyl groups excluding tert-OH is 1. The van der Waals surface area contributed by atoms with Gasteiger partial charge in [-0.25, -0.2) is 0 Å². The lowest BCUT2D eigenvalue weighted by molar-refractivity contribution is -0.140. The Labute approximate surface area is 210 Å². The number of amides is 1. The van der Waals surface area contributed by atoms with Gasteiger partial charge in [0.05, 0.1) is 43.2 Å². The molecule has 1 atom stereocenters. The van der Waals surface area contributed by atoms with Crippen molar-refractivity contribution < 1.29 is 28.6 Å². The molecule has 1 aliphatic heterocycles. The van der Waals surface area contributed by atoms with Crippen LogP contribution in [0.25, 0.3) is 5.76 Å². The molecule has 0 radical (unpaired) electrons. The third-order valence-electron chi connectivity index (χ3n) is 5.99. The average Bonchev–Trinajstić information content (AvgIpc) is 3.47. The molecule has 0 saturated carbocycles. The highest BCUT2D eigenvalue weighted by molar-refractivity contribution is 6.46. The minimum Gasteiger partial charge on any atom is -0.507 e. The topological polar surface area (TPSA) is 92.5 Å². The van der Waals surface area contributed by atoms with Gasteiger partial charge < -0.3 is 28.8 Å². The molecule has 8 heteroatoms. The molecule has 1 N–H and O–H groups in total. The molecule has 1 fully saturated rings. The van der Waals surface area contributed by atoms with Crippen LogP contribution in [-0.2, 0) is 16.1 Å². The number of benzene rings is 2. The molecule has 2 heterocycles. The normalized spacial score (nSPS) is 16.9. The van der Waals surface area contributed by atoms with Crippen LogP contribution in [-0.4, -0.2) is 49.0 Å². The van der Waals surface area contributed by atoms with E-state index < -0.39 is 17.7 Å². The zero-order chi connectivity index (χ0) is 25.8. The Morgan fingerprint density at radius 2 is 1.75 bits per heavy atom. The molecule has 1 unspecified atom stereocenters. The number of hydrogen-bond donors (Lipinski definition) is 1. The lowest BCUT2D eigenvalue weighted by Crippen LogP contribution is -2.29. The van der Waals surface area contributed by atoms with Crippen molar-refractivity contribution in [2.45, 2.75) is 26.4 Å². The number of furan rings is 1. The average molecular weight is 491 g/mol. The summed E-state index contributed by atoms with van der Waals surface area (Å²) in [6.45, 7) is 4.59. The number of likely N-dealkylation sites (tertiary alicyclic amines) is 1. The molecule has 8 nitrogen and oxygen atoms in total. The molecule has 188 valence electrons. The number of anilines is 1. The lowest BCUT2D eigenvalue weighted by Gasteiger charge is -2.25. The molecule has 0 bridgehead atoms. The molecule has 1 aromatic heterocycles. The highest BCUT2D eigenvalue weighted by atomic mass is 16.5. The second-order valence-corrected chi connectivity index (χ2v) is 8.52. The Morgan fingerprint density at radius 3 is 2.36 bits per heavy atom. The van der Waals surface area contributed by atoms with Crippen molar-refractivity contribution in [3.63, 3.8) is 0 Å². The summed E-state index contributed by atoms with van der Waals surface area (Å²) in [5.74, 6) is -0.312. The van der Waals surface area contributed by atoms with Crippen LogP contribution in [0.3, 0.4) is 0 Å². The van der Waals surface area contributed by atoms with Crippen molar-refractivity contribution in [3.05, 3.63) is 83.3 Å². The Morgan fingerprint density at radius 1 is 1.03 bits per heavy atom. The van der Waals surface area contributed by atoms with E-state index in [2.05, 4.69) is 0 Å². The smallest absolute Gasteiger partial charge is 0.296 e. The summed E-state index contributed by atoms with van der Waals surface area (Å²) in [7, 11) is 3.86. The van der Waals surface area contributed by atoms with E-state index >= 15 is 0 Å². The van der Waals surface area contributed by atoms with Crippen LogP contribution in [0.4, 0.5) is 5.69 Å². The molecular weight excluding hydrogens is 460 g/mol. The van der Waals surface area contributed by atoms with E-state index in [4.69, 9.17) is 13.9 Å². The number of carbonyl (C=O) groups excluding carboxylic acids is 2. The van der Waals surface area contributed by atoms with Gasteiger partial charge in [0.2, 0.25) is 0 Å². The molecule has 0 spiro atoms. The summed E-state index contributed by atoms with van der Waals surface area (Å²) >= 11 is 0. The van der Waals surface area contributed by atoms with Crippen molar-refractivity contribution in [3.8, 4) is 11.5 Å². The first kappa shape index (κ1) is 24.9. The van der Waals surface area contributed by atoms with E-state index in [-0.39, 0.29) is 17.9 Å². The number of ether oxygens (including phenoxy) is 2. The van der Waals surface area contributed by atoms with Crippen LogP contribution in [0.1, 0.15) is 36.8 Å². The first-order chi connectivity index (χ1) is 17.3. The highest BCUT2D eigenvalue weighted by Gasteiger charge is 2.46. The number of Topliss-reactive ketones (excluding diaryl/α,β-unsaturated/α-hetero) is 1. The minimum absolute atomic E-state index is 0.00530. The van der Waals surface area contributed by atoms with Crippen LogP contribution < -0.4 is 14.4 Å². The monoisotopic (exact) mass is 490 g/mol. The van der Waals surface area contributed by atoms with Gasteiger partial charge in [-0.15, -0.1) is 0 Å². The van der Waals surface area contributed by atoms with Gasteiger partial charge in [0, 0.05) is 25.8 Å². The van der Waals surface area contributed by atoms with Crippen LogP contribution in [0, 0.1) is 0 Å². The Balaban J connectivity index is 1.87. The lowest BCUT2D eigenvalue weighted by atomic mass is 9.94. The summed E-state index contributed by atoms with van der Waals surface area (Å²) in [5.41, 5.74) is 1.96. The van der Waals surface area contributed by atoms with E-state index in [9.17, 15) is 14.7 Å². The molecule has 3 aromatic rings. The third-order valence-corrected chi connectivity index (χ3v) is 5.99. The molecule has 36 heavy (non-hydrogen) atoms. The molecule has 0 aliphatic carbocycles. The van der Waals surface area contributed by atoms with E-state index in [0.29, 0.717) is 41.6 Å². The number of aliphatic hydroxyl groups is 1. The fraction of sp³-hybridized carbons (Fsp3) is 0.286. The molecule has 2 aromatic carbocycles. The molecule has 4 rings (SSSR count). The quantitative estimate of drug-likeness (QED) is 0.263. The minimum atomic E-state index is -0.813. The van der Waals surface area contributed by atoms with Gasteiger partial charge in [-0.1, -0.05) is 12.1 Å². The first-order valence-electron chi connectivity index (χ1n) is 11.8. The van der Waals surface area contributed by atoms with Crippen molar-refractivity contribution in [1.29, 1.82) is 0 Å².